The highest BCUT2D eigenvalue weighted by atomic mass is 79.9. The third kappa shape index (κ3) is 3.45. The Morgan fingerprint density at radius 1 is 1.15 bits per heavy atom. The van der Waals surface area contributed by atoms with Gasteiger partial charge in [-0.3, -0.25) is 4.98 Å². The summed E-state index contributed by atoms with van der Waals surface area (Å²) in [6, 6.07) is 10.6. The van der Waals surface area contributed by atoms with Gasteiger partial charge in [0.1, 0.15) is 0 Å². The molecule has 0 radical (unpaired) electrons. The average Bonchev–Trinajstić information content (AvgIpc) is 2.46. The van der Waals surface area contributed by atoms with Gasteiger partial charge in [0.05, 0.1) is 4.90 Å². The topological polar surface area (TPSA) is 50.3 Å². The fourth-order valence-electron chi connectivity index (χ4n) is 1.78. The lowest BCUT2D eigenvalue weighted by molar-refractivity contribution is 0.472. The van der Waals surface area contributed by atoms with Crippen molar-refractivity contribution in [2.45, 2.75) is 11.3 Å². The van der Waals surface area contributed by atoms with E-state index in [0.717, 1.165) is 5.56 Å². The van der Waals surface area contributed by atoms with E-state index in [-0.39, 0.29) is 4.90 Å². The number of hydrogen-bond acceptors (Lipinski definition) is 3. The summed E-state index contributed by atoms with van der Waals surface area (Å²) in [7, 11) is -1.88. The number of benzene rings is 1. The zero-order chi connectivity index (χ0) is 14.6. The molecule has 0 aliphatic heterocycles. The van der Waals surface area contributed by atoms with E-state index in [2.05, 4.69) is 20.9 Å². The van der Waals surface area contributed by atoms with Gasteiger partial charge in [-0.25, -0.2) is 12.7 Å². The van der Waals surface area contributed by atoms with Crippen LogP contribution in [-0.4, -0.2) is 31.3 Å². The van der Waals surface area contributed by atoms with Gasteiger partial charge in [0.25, 0.3) is 0 Å². The predicted molar refractivity (Wildman–Crippen MR) is 81.9 cm³/mol. The Bertz CT molecular complexity index is 675. The van der Waals surface area contributed by atoms with E-state index >= 15 is 0 Å². The zero-order valence-corrected chi connectivity index (χ0v) is 13.4. The highest BCUT2D eigenvalue weighted by Gasteiger charge is 2.22. The van der Waals surface area contributed by atoms with E-state index in [0.29, 0.717) is 17.4 Å². The highest BCUT2D eigenvalue weighted by Crippen LogP contribution is 2.23. The van der Waals surface area contributed by atoms with Crippen molar-refractivity contribution in [3.8, 4) is 0 Å². The van der Waals surface area contributed by atoms with Crippen LogP contribution in [0.15, 0.2) is 58.2 Å². The summed E-state index contributed by atoms with van der Waals surface area (Å²) in [6.07, 6.45) is 4.07. The van der Waals surface area contributed by atoms with Crippen LogP contribution in [0.25, 0.3) is 0 Å². The van der Waals surface area contributed by atoms with Crippen LogP contribution in [0.2, 0.25) is 0 Å². The molecule has 0 bridgehead atoms. The summed E-state index contributed by atoms with van der Waals surface area (Å²) in [5, 5.41) is 0. The number of likely N-dealkylation sites (N-methyl/N-ethyl adjacent to an activating group) is 1. The molecule has 6 heteroatoms. The monoisotopic (exact) mass is 354 g/mol. The molecule has 106 valence electrons. The van der Waals surface area contributed by atoms with Crippen molar-refractivity contribution in [2.24, 2.45) is 0 Å². The fraction of sp³-hybridized carbons (Fsp3) is 0.214. The van der Waals surface area contributed by atoms with E-state index in [1.165, 1.54) is 4.31 Å². The largest absolute Gasteiger partial charge is 0.265 e. The number of sulfonamides is 1. The number of aromatic nitrogens is 1. The first kappa shape index (κ1) is 15.2. The van der Waals surface area contributed by atoms with E-state index in [1.807, 2.05) is 12.1 Å². The molecule has 0 atom stereocenters. The number of pyridine rings is 1. The quantitative estimate of drug-likeness (QED) is 0.829. The van der Waals surface area contributed by atoms with E-state index in [1.54, 1.807) is 43.7 Å². The summed E-state index contributed by atoms with van der Waals surface area (Å²) in [6.45, 7) is 0.424. The number of nitrogens with zero attached hydrogens (tertiary/aromatic N) is 2. The van der Waals surface area contributed by atoms with E-state index in [4.69, 9.17) is 0 Å². The summed E-state index contributed by atoms with van der Waals surface area (Å²) < 4.78 is 26.9. The second-order valence-electron chi connectivity index (χ2n) is 4.36. The predicted octanol–water partition coefficient (Wildman–Crippen LogP) is 2.71. The summed E-state index contributed by atoms with van der Waals surface area (Å²) in [5.74, 6) is 0. The van der Waals surface area contributed by atoms with Crippen molar-refractivity contribution in [3.05, 3.63) is 58.8 Å². The molecule has 1 heterocycles. The van der Waals surface area contributed by atoms with Gasteiger partial charge in [0.2, 0.25) is 10.0 Å². The first-order valence-electron chi connectivity index (χ1n) is 6.11. The lowest BCUT2D eigenvalue weighted by atomic mass is 10.2. The lowest BCUT2D eigenvalue weighted by Crippen LogP contribution is -2.29. The number of halogens is 1. The first-order chi connectivity index (χ1) is 9.51. The van der Waals surface area contributed by atoms with Gasteiger partial charge in [-0.05, 0) is 52.2 Å². The van der Waals surface area contributed by atoms with Crippen molar-refractivity contribution >= 4 is 26.0 Å². The van der Waals surface area contributed by atoms with Crippen LogP contribution in [0.4, 0.5) is 0 Å². The molecule has 0 spiro atoms. The van der Waals surface area contributed by atoms with Gasteiger partial charge in [-0.2, -0.15) is 0 Å². The molecule has 0 aliphatic carbocycles. The average molecular weight is 355 g/mol. The lowest BCUT2D eigenvalue weighted by Gasteiger charge is -2.18. The molecule has 0 amide bonds. The van der Waals surface area contributed by atoms with Gasteiger partial charge in [0, 0.05) is 30.5 Å². The summed E-state index contributed by atoms with van der Waals surface area (Å²) >= 11 is 3.28. The Morgan fingerprint density at radius 2 is 1.80 bits per heavy atom. The van der Waals surface area contributed by atoms with Gasteiger partial charge in [-0.1, -0.05) is 12.1 Å². The molecule has 0 saturated heterocycles. The van der Waals surface area contributed by atoms with Crippen molar-refractivity contribution in [3.63, 3.8) is 0 Å². The number of hydrogen-bond donors (Lipinski definition) is 0. The Morgan fingerprint density at radius 3 is 2.45 bits per heavy atom. The van der Waals surface area contributed by atoms with Crippen LogP contribution in [-0.2, 0) is 16.4 Å². The maximum Gasteiger partial charge on any atom is 0.243 e. The molecule has 0 aliphatic rings. The minimum atomic E-state index is -3.47. The summed E-state index contributed by atoms with van der Waals surface area (Å²) in [5.41, 5.74) is 1.06. The standard InChI is InChI=1S/C14H15BrN2O2S/c1-17(11-8-12-6-9-16-10-7-12)20(18,19)14-5-3-2-4-13(14)15/h2-7,9-10H,8,11H2,1H3. The molecule has 2 aromatic rings. The van der Waals surface area contributed by atoms with Crippen molar-refractivity contribution in [2.75, 3.05) is 13.6 Å². The molecule has 1 aromatic heterocycles. The van der Waals surface area contributed by atoms with Crippen molar-refractivity contribution in [1.82, 2.24) is 9.29 Å². The van der Waals surface area contributed by atoms with E-state index < -0.39 is 10.0 Å². The Kier molecular flexibility index (Phi) is 4.91. The molecule has 4 nitrogen and oxygen atoms in total. The molecule has 20 heavy (non-hydrogen) atoms. The highest BCUT2D eigenvalue weighted by molar-refractivity contribution is 9.10. The van der Waals surface area contributed by atoms with Gasteiger partial charge in [0.15, 0.2) is 0 Å². The molecule has 0 unspecified atom stereocenters. The second kappa shape index (κ2) is 6.47. The minimum absolute atomic E-state index is 0.289. The molecular weight excluding hydrogens is 340 g/mol. The third-order valence-corrected chi connectivity index (χ3v) is 5.86. The molecule has 0 N–H and O–H groups in total. The first-order valence-corrected chi connectivity index (χ1v) is 8.35. The van der Waals surface area contributed by atoms with Gasteiger partial charge >= 0.3 is 0 Å². The van der Waals surface area contributed by atoms with Crippen molar-refractivity contribution < 1.29 is 8.42 Å². The second-order valence-corrected chi connectivity index (χ2v) is 7.23. The Labute approximate surface area is 127 Å². The van der Waals surface area contributed by atoms with Crippen LogP contribution >= 0.6 is 15.9 Å². The van der Waals surface area contributed by atoms with Crippen LogP contribution in [0, 0.1) is 0 Å². The molecule has 0 saturated carbocycles. The van der Waals surface area contributed by atoms with Gasteiger partial charge < -0.3 is 0 Å². The zero-order valence-electron chi connectivity index (χ0n) is 11.0. The molecule has 0 fully saturated rings. The van der Waals surface area contributed by atoms with Crippen LogP contribution in [0.5, 0.6) is 0 Å². The maximum atomic E-state index is 12.5. The Balaban J connectivity index is 2.12. The normalized spacial score (nSPS) is 11.8. The SMILES string of the molecule is CN(CCc1ccncc1)S(=O)(=O)c1ccccc1Br. The number of rotatable bonds is 5. The molecule has 1 aromatic carbocycles. The van der Waals surface area contributed by atoms with Crippen LogP contribution < -0.4 is 0 Å². The van der Waals surface area contributed by atoms with Crippen molar-refractivity contribution in [1.29, 1.82) is 0 Å². The van der Waals surface area contributed by atoms with E-state index in [9.17, 15) is 8.42 Å². The Hall–Kier alpha value is -1.24. The van der Waals surface area contributed by atoms with Crippen LogP contribution in [0.1, 0.15) is 5.56 Å². The van der Waals surface area contributed by atoms with Gasteiger partial charge in [-0.15, -0.1) is 0 Å². The molecule has 2 rings (SSSR count). The summed E-state index contributed by atoms with van der Waals surface area (Å²) in [4.78, 5) is 4.23. The maximum absolute atomic E-state index is 12.5. The third-order valence-electron chi connectivity index (χ3n) is 2.99. The van der Waals surface area contributed by atoms with Crippen LogP contribution in [0.3, 0.4) is 0 Å². The molecular formula is C14H15BrN2O2S. The minimum Gasteiger partial charge on any atom is -0.265 e. The fourth-order valence-corrected chi connectivity index (χ4v) is 3.91. The smallest absolute Gasteiger partial charge is 0.243 e.